The van der Waals surface area contributed by atoms with Crippen LogP contribution in [0.1, 0.15) is 16.1 Å². The lowest BCUT2D eigenvalue weighted by atomic mass is 10.2. The van der Waals surface area contributed by atoms with E-state index < -0.39 is 0 Å². The smallest absolute Gasteiger partial charge is 0.251 e. The summed E-state index contributed by atoms with van der Waals surface area (Å²) in [5.74, 6) is 0.577. The summed E-state index contributed by atoms with van der Waals surface area (Å²) >= 11 is 4.93. The second-order valence-corrected chi connectivity index (χ2v) is 6.22. The molecule has 0 aliphatic rings. The average molecular weight is 363 g/mol. The molecule has 4 nitrogen and oxygen atoms in total. The number of rotatable bonds is 4. The molecule has 0 spiro atoms. The lowest BCUT2D eigenvalue weighted by Gasteiger charge is -2.03. The Morgan fingerprint density at radius 2 is 2.19 bits per heavy atom. The molecule has 2 heterocycles. The molecule has 0 aliphatic heterocycles. The van der Waals surface area contributed by atoms with Crippen LogP contribution in [0.2, 0.25) is 0 Å². The van der Waals surface area contributed by atoms with Gasteiger partial charge in [0.25, 0.3) is 5.91 Å². The van der Waals surface area contributed by atoms with Crippen LogP contribution in [0.5, 0.6) is 0 Å². The van der Waals surface area contributed by atoms with Crippen molar-refractivity contribution in [2.75, 3.05) is 0 Å². The molecule has 3 aromatic rings. The van der Waals surface area contributed by atoms with E-state index in [2.05, 4.69) is 26.4 Å². The molecule has 106 valence electrons. The summed E-state index contributed by atoms with van der Waals surface area (Å²) in [5, 5.41) is 8.76. The van der Waals surface area contributed by atoms with Crippen molar-refractivity contribution in [3.8, 4) is 10.6 Å². The highest BCUT2D eigenvalue weighted by atomic mass is 79.9. The number of thiophene rings is 1. The van der Waals surface area contributed by atoms with Gasteiger partial charge in [-0.25, -0.2) is 0 Å². The number of amides is 1. The van der Waals surface area contributed by atoms with E-state index in [1.807, 2.05) is 35.7 Å². The number of hydrogen-bond donors (Lipinski definition) is 1. The fraction of sp³-hybridized carbons (Fsp3) is 0.0667. The van der Waals surface area contributed by atoms with E-state index in [0.29, 0.717) is 17.8 Å². The van der Waals surface area contributed by atoms with Gasteiger partial charge in [-0.15, -0.1) is 11.3 Å². The number of halogens is 1. The summed E-state index contributed by atoms with van der Waals surface area (Å²) < 4.78 is 6.14. The second kappa shape index (κ2) is 6.24. The van der Waals surface area contributed by atoms with Gasteiger partial charge in [-0.1, -0.05) is 33.2 Å². The molecule has 1 aromatic carbocycles. The molecule has 1 N–H and O–H groups in total. The first-order valence-electron chi connectivity index (χ1n) is 6.25. The van der Waals surface area contributed by atoms with Crippen LogP contribution >= 0.6 is 27.3 Å². The SMILES string of the molecule is O=C(NCc1cc(-c2cccs2)on1)c1cccc(Br)c1. The molecular formula is C15H11BrN2O2S. The summed E-state index contributed by atoms with van der Waals surface area (Å²) in [6, 6.07) is 13.0. The monoisotopic (exact) mass is 362 g/mol. The van der Waals surface area contributed by atoms with Gasteiger partial charge in [-0.2, -0.15) is 0 Å². The van der Waals surface area contributed by atoms with E-state index in [1.165, 1.54) is 0 Å². The van der Waals surface area contributed by atoms with Crippen molar-refractivity contribution < 1.29 is 9.32 Å². The zero-order chi connectivity index (χ0) is 14.7. The first-order valence-corrected chi connectivity index (χ1v) is 7.93. The van der Waals surface area contributed by atoms with Crippen LogP contribution in [-0.2, 0) is 6.54 Å². The molecule has 0 radical (unpaired) electrons. The van der Waals surface area contributed by atoms with Crippen LogP contribution < -0.4 is 5.32 Å². The maximum atomic E-state index is 12.0. The van der Waals surface area contributed by atoms with E-state index in [0.717, 1.165) is 15.1 Å². The Kier molecular flexibility index (Phi) is 4.17. The fourth-order valence-electron chi connectivity index (χ4n) is 1.83. The van der Waals surface area contributed by atoms with Crippen molar-refractivity contribution in [2.45, 2.75) is 6.54 Å². The van der Waals surface area contributed by atoms with Crippen molar-refractivity contribution in [2.24, 2.45) is 0 Å². The number of nitrogens with zero attached hydrogens (tertiary/aromatic N) is 1. The van der Waals surface area contributed by atoms with Gasteiger partial charge in [0.1, 0.15) is 5.69 Å². The first-order chi connectivity index (χ1) is 10.2. The van der Waals surface area contributed by atoms with Crippen LogP contribution in [0, 0.1) is 0 Å². The van der Waals surface area contributed by atoms with Gasteiger partial charge in [-0.05, 0) is 29.6 Å². The molecule has 0 fully saturated rings. The minimum Gasteiger partial charge on any atom is -0.355 e. The molecule has 0 bridgehead atoms. The molecular weight excluding hydrogens is 352 g/mol. The van der Waals surface area contributed by atoms with Crippen LogP contribution in [0.25, 0.3) is 10.6 Å². The third kappa shape index (κ3) is 3.40. The second-order valence-electron chi connectivity index (χ2n) is 4.35. The molecule has 1 amide bonds. The number of nitrogens with one attached hydrogen (secondary N) is 1. The van der Waals surface area contributed by atoms with Crippen molar-refractivity contribution in [1.29, 1.82) is 0 Å². The Balaban J connectivity index is 1.64. The Morgan fingerprint density at radius 1 is 1.29 bits per heavy atom. The van der Waals surface area contributed by atoms with Crippen LogP contribution in [0.4, 0.5) is 0 Å². The molecule has 21 heavy (non-hydrogen) atoms. The van der Waals surface area contributed by atoms with E-state index in [4.69, 9.17) is 4.52 Å². The van der Waals surface area contributed by atoms with Crippen LogP contribution in [0.15, 0.2) is 56.8 Å². The van der Waals surface area contributed by atoms with Crippen LogP contribution in [-0.4, -0.2) is 11.1 Å². The predicted molar refractivity (Wildman–Crippen MR) is 85.1 cm³/mol. The normalized spacial score (nSPS) is 10.5. The van der Waals surface area contributed by atoms with Gasteiger partial charge in [0, 0.05) is 16.1 Å². The van der Waals surface area contributed by atoms with E-state index >= 15 is 0 Å². The van der Waals surface area contributed by atoms with E-state index in [1.54, 1.807) is 23.5 Å². The van der Waals surface area contributed by atoms with Crippen molar-refractivity contribution in [3.05, 3.63) is 63.6 Å². The van der Waals surface area contributed by atoms with Crippen LogP contribution in [0.3, 0.4) is 0 Å². The van der Waals surface area contributed by atoms with Gasteiger partial charge < -0.3 is 9.84 Å². The highest BCUT2D eigenvalue weighted by molar-refractivity contribution is 9.10. The third-order valence-corrected chi connectivity index (χ3v) is 4.22. The quantitative estimate of drug-likeness (QED) is 0.760. The van der Waals surface area contributed by atoms with Gasteiger partial charge >= 0.3 is 0 Å². The number of aromatic nitrogens is 1. The largest absolute Gasteiger partial charge is 0.355 e. The molecule has 0 saturated carbocycles. The zero-order valence-corrected chi connectivity index (χ0v) is 13.3. The van der Waals surface area contributed by atoms with Gasteiger partial charge in [0.2, 0.25) is 0 Å². The minimum atomic E-state index is -0.142. The maximum Gasteiger partial charge on any atom is 0.251 e. The zero-order valence-electron chi connectivity index (χ0n) is 10.9. The van der Waals surface area contributed by atoms with Gasteiger partial charge in [0.05, 0.1) is 11.4 Å². The summed E-state index contributed by atoms with van der Waals surface area (Å²) in [6.07, 6.45) is 0. The number of carbonyl (C=O) groups is 1. The average Bonchev–Trinajstić information content (AvgIpc) is 3.15. The summed E-state index contributed by atoms with van der Waals surface area (Å²) in [7, 11) is 0. The minimum absolute atomic E-state index is 0.142. The Morgan fingerprint density at radius 3 is 2.95 bits per heavy atom. The first kappa shape index (κ1) is 14.0. The third-order valence-electron chi connectivity index (χ3n) is 2.84. The Hall–Kier alpha value is -1.92. The number of carbonyl (C=O) groups excluding carboxylic acids is 1. The highest BCUT2D eigenvalue weighted by Gasteiger charge is 2.10. The summed E-state index contributed by atoms with van der Waals surface area (Å²) in [5.41, 5.74) is 1.30. The number of hydrogen-bond acceptors (Lipinski definition) is 4. The van der Waals surface area contributed by atoms with Crippen molar-refractivity contribution >= 4 is 33.2 Å². The molecule has 2 aromatic heterocycles. The molecule has 0 atom stereocenters. The maximum absolute atomic E-state index is 12.0. The number of benzene rings is 1. The van der Waals surface area contributed by atoms with Crippen molar-refractivity contribution in [3.63, 3.8) is 0 Å². The fourth-order valence-corrected chi connectivity index (χ4v) is 2.91. The topological polar surface area (TPSA) is 55.1 Å². The molecule has 6 heteroatoms. The lowest BCUT2D eigenvalue weighted by Crippen LogP contribution is -2.22. The molecule has 3 rings (SSSR count). The predicted octanol–water partition coefficient (Wildman–Crippen LogP) is 4.10. The van der Waals surface area contributed by atoms with Gasteiger partial charge in [0.15, 0.2) is 5.76 Å². The molecule has 0 aliphatic carbocycles. The van der Waals surface area contributed by atoms with Crippen molar-refractivity contribution in [1.82, 2.24) is 10.5 Å². The van der Waals surface area contributed by atoms with Gasteiger partial charge in [-0.3, -0.25) is 4.79 Å². The summed E-state index contributed by atoms with van der Waals surface area (Å²) in [4.78, 5) is 13.0. The van der Waals surface area contributed by atoms with E-state index in [-0.39, 0.29) is 5.91 Å². The molecule has 0 unspecified atom stereocenters. The summed E-state index contributed by atoms with van der Waals surface area (Å²) in [6.45, 7) is 0.334. The highest BCUT2D eigenvalue weighted by Crippen LogP contribution is 2.25. The lowest BCUT2D eigenvalue weighted by molar-refractivity contribution is 0.0950. The molecule has 0 saturated heterocycles. The standard InChI is InChI=1S/C15H11BrN2O2S/c16-11-4-1-3-10(7-11)15(19)17-9-12-8-13(20-18-12)14-5-2-6-21-14/h1-8H,9H2,(H,17,19). The Bertz CT molecular complexity index is 753. The van der Waals surface area contributed by atoms with E-state index in [9.17, 15) is 4.79 Å². The Labute approximate surface area is 133 Å².